The van der Waals surface area contributed by atoms with Gasteiger partial charge in [-0.1, -0.05) is 30.3 Å². The van der Waals surface area contributed by atoms with Crippen molar-refractivity contribution >= 4 is 5.97 Å². The van der Waals surface area contributed by atoms with E-state index in [-0.39, 0.29) is 11.9 Å². The van der Waals surface area contributed by atoms with Gasteiger partial charge in [0.1, 0.15) is 5.82 Å². The Morgan fingerprint density at radius 1 is 1.10 bits per heavy atom. The predicted molar refractivity (Wildman–Crippen MR) is 76.0 cm³/mol. The zero-order valence-electron chi connectivity index (χ0n) is 11.4. The fraction of sp³-hybridized carbons (Fsp3) is 0.235. The van der Waals surface area contributed by atoms with Crippen molar-refractivity contribution in [2.45, 2.75) is 25.9 Å². The molecule has 0 heterocycles. The number of carbonyl (C=O) groups is 1. The number of hydrogen-bond acceptors (Lipinski definition) is 2. The second-order valence-electron chi connectivity index (χ2n) is 4.75. The molecular formula is C17H17FO2. The van der Waals surface area contributed by atoms with E-state index < -0.39 is 5.97 Å². The summed E-state index contributed by atoms with van der Waals surface area (Å²) in [5, 5.41) is 0. The molecule has 0 saturated carbocycles. The Balaban J connectivity index is 1.83. The number of hydrogen-bond donors (Lipinski definition) is 0. The third kappa shape index (κ3) is 4.19. The molecule has 0 aliphatic rings. The van der Waals surface area contributed by atoms with Crippen LogP contribution in [-0.4, -0.2) is 12.1 Å². The lowest BCUT2D eigenvalue weighted by molar-refractivity contribution is 0.0325. The van der Waals surface area contributed by atoms with Crippen molar-refractivity contribution in [3.63, 3.8) is 0 Å². The van der Waals surface area contributed by atoms with E-state index >= 15 is 0 Å². The molecule has 2 nitrogen and oxygen atoms in total. The summed E-state index contributed by atoms with van der Waals surface area (Å²) in [6.07, 6.45) is 1.45. The molecule has 0 bridgehead atoms. The molecule has 0 N–H and O–H groups in total. The first-order valence-corrected chi connectivity index (χ1v) is 6.65. The van der Waals surface area contributed by atoms with E-state index in [9.17, 15) is 9.18 Å². The van der Waals surface area contributed by atoms with Crippen molar-refractivity contribution in [2.24, 2.45) is 0 Å². The minimum absolute atomic E-state index is 0.173. The quantitative estimate of drug-likeness (QED) is 0.769. The summed E-state index contributed by atoms with van der Waals surface area (Å²) in [5.74, 6) is -0.774. The summed E-state index contributed by atoms with van der Waals surface area (Å²) in [6, 6.07) is 15.4. The lowest BCUT2D eigenvalue weighted by atomic mass is 10.1. The molecule has 0 spiro atoms. The van der Waals surface area contributed by atoms with E-state index in [1.807, 2.05) is 25.1 Å². The van der Waals surface area contributed by atoms with Gasteiger partial charge in [-0.15, -0.1) is 0 Å². The van der Waals surface area contributed by atoms with E-state index in [4.69, 9.17) is 4.74 Å². The summed E-state index contributed by atoms with van der Waals surface area (Å²) < 4.78 is 18.1. The van der Waals surface area contributed by atoms with Gasteiger partial charge in [0.25, 0.3) is 0 Å². The van der Waals surface area contributed by atoms with Crippen LogP contribution in [-0.2, 0) is 11.2 Å². The highest BCUT2D eigenvalue weighted by Crippen LogP contribution is 2.10. The molecule has 2 aromatic carbocycles. The van der Waals surface area contributed by atoms with Gasteiger partial charge in [0, 0.05) is 0 Å². The minimum Gasteiger partial charge on any atom is -0.459 e. The summed E-state index contributed by atoms with van der Waals surface area (Å²) >= 11 is 0. The van der Waals surface area contributed by atoms with Gasteiger partial charge in [-0.05, 0) is 49.6 Å². The smallest absolute Gasteiger partial charge is 0.338 e. The van der Waals surface area contributed by atoms with Gasteiger partial charge in [-0.25, -0.2) is 9.18 Å². The Morgan fingerprint density at radius 3 is 2.40 bits per heavy atom. The maximum absolute atomic E-state index is 12.8. The molecule has 1 atom stereocenters. The molecule has 0 aromatic heterocycles. The van der Waals surface area contributed by atoms with E-state index in [0.717, 1.165) is 12.8 Å². The maximum atomic E-state index is 12.8. The van der Waals surface area contributed by atoms with Crippen molar-refractivity contribution in [1.29, 1.82) is 0 Å². The highest BCUT2D eigenvalue weighted by molar-refractivity contribution is 5.89. The Kier molecular flexibility index (Phi) is 4.88. The molecule has 2 rings (SSSR count). The normalized spacial score (nSPS) is 11.9. The number of rotatable bonds is 5. The summed E-state index contributed by atoms with van der Waals surface area (Å²) in [7, 11) is 0. The number of aryl methyl sites for hydroxylation is 1. The lowest BCUT2D eigenvalue weighted by Gasteiger charge is -2.13. The largest absolute Gasteiger partial charge is 0.459 e. The molecule has 1 unspecified atom stereocenters. The van der Waals surface area contributed by atoms with Gasteiger partial charge >= 0.3 is 5.97 Å². The van der Waals surface area contributed by atoms with Crippen LogP contribution in [0.5, 0.6) is 0 Å². The second kappa shape index (κ2) is 6.85. The molecular weight excluding hydrogens is 255 g/mol. The molecule has 0 radical (unpaired) electrons. The fourth-order valence-electron chi connectivity index (χ4n) is 1.91. The number of ether oxygens (including phenoxy) is 1. The highest BCUT2D eigenvalue weighted by Gasteiger charge is 2.12. The Bertz CT molecular complexity index is 549. The molecule has 0 amide bonds. The number of esters is 1. The predicted octanol–water partition coefficient (Wildman–Crippen LogP) is 4.00. The Labute approximate surface area is 118 Å². The number of carbonyl (C=O) groups excluding carboxylic acids is 1. The van der Waals surface area contributed by atoms with Crippen molar-refractivity contribution in [1.82, 2.24) is 0 Å². The standard InChI is InChI=1S/C17H17FO2/c1-13(7-8-14-5-3-2-4-6-14)20-17(19)15-9-11-16(18)12-10-15/h2-6,9-13H,7-8H2,1H3. The maximum Gasteiger partial charge on any atom is 0.338 e. The van der Waals surface area contributed by atoms with Crippen LogP contribution >= 0.6 is 0 Å². The molecule has 2 aromatic rings. The molecule has 0 fully saturated rings. The van der Waals surface area contributed by atoms with Gasteiger partial charge in [0.2, 0.25) is 0 Å². The molecule has 104 valence electrons. The van der Waals surface area contributed by atoms with Gasteiger partial charge in [-0.2, -0.15) is 0 Å². The average Bonchev–Trinajstić information content (AvgIpc) is 2.47. The van der Waals surface area contributed by atoms with E-state index in [1.165, 1.54) is 29.8 Å². The van der Waals surface area contributed by atoms with Crippen LogP contribution < -0.4 is 0 Å². The van der Waals surface area contributed by atoms with Crippen LogP contribution in [0.3, 0.4) is 0 Å². The first-order chi connectivity index (χ1) is 9.65. The van der Waals surface area contributed by atoms with Gasteiger partial charge in [-0.3, -0.25) is 0 Å². The zero-order valence-corrected chi connectivity index (χ0v) is 11.4. The van der Waals surface area contributed by atoms with E-state index in [2.05, 4.69) is 12.1 Å². The van der Waals surface area contributed by atoms with Crippen molar-refractivity contribution in [2.75, 3.05) is 0 Å². The Morgan fingerprint density at radius 2 is 1.75 bits per heavy atom. The van der Waals surface area contributed by atoms with Crippen LogP contribution in [0, 0.1) is 5.82 Å². The van der Waals surface area contributed by atoms with Crippen LogP contribution in [0.25, 0.3) is 0 Å². The average molecular weight is 272 g/mol. The molecule has 3 heteroatoms. The first kappa shape index (κ1) is 14.3. The molecule has 20 heavy (non-hydrogen) atoms. The molecule has 0 aliphatic carbocycles. The first-order valence-electron chi connectivity index (χ1n) is 6.65. The van der Waals surface area contributed by atoms with Crippen LogP contribution in [0.2, 0.25) is 0 Å². The third-order valence-corrected chi connectivity index (χ3v) is 3.07. The topological polar surface area (TPSA) is 26.3 Å². The number of benzene rings is 2. The number of halogens is 1. The lowest BCUT2D eigenvalue weighted by Crippen LogP contribution is -2.15. The van der Waals surface area contributed by atoms with Crippen molar-refractivity contribution in [3.05, 3.63) is 71.5 Å². The highest BCUT2D eigenvalue weighted by atomic mass is 19.1. The SMILES string of the molecule is CC(CCc1ccccc1)OC(=O)c1ccc(F)cc1. The van der Waals surface area contributed by atoms with Crippen molar-refractivity contribution < 1.29 is 13.9 Å². The zero-order chi connectivity index (χ0) is 14.4. The van der Waals surface area contributed by atoms with Crippen molar-refractivity contribution in [3.8, 4) is 0 Å². The second-order valence-corrected chi connectivity index (χ2v) is 4.75. The van der Waals surface area contributed by atoms with Crippen LogP contribution in [0.15, 0.2) is 54.6 Å². The van der Waals surface area contributed by atoms with Gasteiger partial charge in [0.05, 0.1) is 11.7 Å². The molecule has 0 aliphatic heterocycles. The fourth-order valence-corrected chi connectivity index (χ4v) is 1.91. The van der Waals surface area contributed by atoms with E-state index in [0.29, 0.717) is 5.56 Å². The van der Waals surface area contributed by atoms with Crippen LogP contribution in [0.4, 0.5) is 4.39 Å². The molecule has 0 saturated heterocycles. The van der Waals surface area contributed by atoms with E-state index in [1.54, 1.807) is 0 Å². The summed E-state index contributed by atoms with van der Waals surface area (Å²) in [6.45, 7) is 1.87. The van der Waals surface area contributed by atoms with Gasteiger partial charge in [0.15, 0.2) is 0 Å². The monoisotopic (exact) mass is 272 g/mol. The third-order valence-electron chi connectivity index (χ3n) is 3.07. The summed E-state index contributed by atoms with van der Waals surface area (Å²) in [5.41, 5.74) is 1.59. The van der Waals surface area contributed by atoms with Crippen LogP contribution in [0.1, 0.15) is 29.3 Å². The Hall–Kier alpha value is -2.16. The van der Waals surface area contributed by atoms with Gasteiger partial charge < -0.3 is 4.74 Å². The summed E-state index contributed by atoms with van der Waals surface area (Å²) in [4.78, 5) is 11.8. The minimum atomic E-state index is -0.412.